The van der Waals surface area contributed by atoms with Crippen molar-refractivity contribution in [2.75, 3.05) is 13.4 Å². The number of fused-ring (bicyclic) bond motifs is 3. The number of carbonyl (C=O) groups excluding carboxylic acids is 1. The highest BCUT2D eigenvalue weighted by atomic mass is 16.7. The SMILES string of the molecule is O=C(NC(CO)c1ccc2c(c1)OCO2)c1cc2c(=O)[nH]c(-c3ccc4ccccc4c3)cn2n1. The van der Waals surface area contributed by atoms with Crippen LogP contribution in [0, 0.1) is 0 Å². The number of aromatic nitrogens is 3. The van der Waals surface area contributed by atoms with E-state index in [1.807, 2.05) is 42.5 Å². The molecule has 2 aromatic heterocycles. The van der Waals surface area contributed by atoms with Gasteiger partial charge >= 0.3 is 0 Å². The molecule has 3 heterocycles. The third-order valence-corrected chi connectivity index (χ3v) is 6.05. The molecule has 5 aromatic rings. The molecule has 3 aromatic carbocycles. The minimum atomic E-state index is -0.687. The maximum absolute atomic E-state index is 12.9. The predicted molar refractivity (Wildman–Crippen MR) is 129 cm³/mol. The summed E-state index contributed by atoms with van der Waals surface area (Å²) in [6.45, 7) is -0.197. The molecular formula is C26H20N4O5. The van der Waals surface area contributed by atoms with Gasteiger partial charge in [0, 0.05) is 11.6 Å². The summed E-state index contributed by atoms with van der Waals surface area (Å²) in [5, 5.41) is 19.1. The van der Waals surface area contributed by atoms with Crippen LogP contribution in [0.4, 0.5) is 0 Å². The molecule has 0 fully saturated rings. The van der Waals surface area contributed by atoms with Crippen LogP contribution in [0.3, 0.4) is 0 Å². The van der Waals surface area contributed by atoms with Crippen molar-refractivity contribution in [3.05, 3.63) is 94.5 Å². The first-order valence-corrected chi connectivity index (χ1v) is 11.0. The number of nitrogens with one attached hydrogen (secondary N) is 2. The fourth-order valence-electron chi connectivity index (χ4n) is 4.21. The second-order valence-corrected chi connectivity index (χ2v) is 8.24. The first-order chi connectivity index (χ1) is 17.1. The van der Waals surface area contributed by atoms with Gasteiger partial charge in [-0.1, -0.05) is 42.5 Å². The number of H-pyrrole nitrogens is 1. The number of rotatable bonds is 5. The Hall–Kier alpha value is -4.63. The molecule has 1 aliphatic heterocycles. The van der Waals surface area contributed by atoms with Crippen molar-refractivity contribution in [2.45, 2.75) is 6.04 Å². The van der Waals surface area contributed by atoms with Crippen molar-refractivity contribution in [3.63, 3.8) is 0 Å². The predicted octanol–water partition coefficient (Wildman–Crippen LogP) is 3.03. The normalized spacial score (nSPS) is 13.3. The van der Waals surface area contributed by atoms with E-state index in [1.54, 1.807) is 24.4 Å². The van der Waals surface area contributed by atoms with E-state index in [1.165, 1.54) is 10.6 Å². The van der Waals surface area contributed by atoms with Gasteiger partial charge in [0.1, 0.15) is 5.52 Å². The molecule has 9 heteroatoms. The molecule has 0 radical (unpaired) electrons. The van der Waals surface area contributed by atoms with E-state index >= 15 is 0 Å². The lowest BCUT2D eigenvalue weighted by atomic mass is 10.1. The first kappa shape index (κ1) is 20.9. The van der Waals surface area contributed by atoms with Crippen LogP contribution in [0.25, 0.3) is 27.5 Å². The number of aliphatic hydroxyl groups excluding tert-OH is 1. The lowest BCUT2D eigenvalue weighted by molar-refractivity contribution is 0.0910. The maximum Gasteiger partial charge on any atom is 0.274 e. The summed E-state index contributed by atoms with van der Waals surface area (Å²) >= 11 is 0. The number of benzene rings is 3. The number of nitrogens with zero attached hydrogens (tertiary/aromatic N) is 2. The summed E-state index contributed by atoms with van der Waals surface area (Å²) in [5.74, 6) is 0.645. The molecule has 1 atom stereocenters. The Bertz CT molecular complexity index is 1660. The lowest BCUT2D eigenvalue weighted by Crippen LogP contribution is -2.31. The monoisotopic (exact) mass is 468 g/mol. The van der Waals surface area contributed by atoms with E-state index in [4.69, 9.17) is 9.47 Å². The van der Waals surface area contributed by atoms with Crippen LogP contribution >= 0.6 is 0 Å². The van der Waals surface area contributed by atoms with E-state index in [9.17, 15) is 14.7 Å². The molecule has 1 unspecified atom stereocenters. The Kier molecular flexibility index (Phi) is 4.97. The number of amides is 1. The second-order valence-electron chi connectivity index (χ2n) is 8.24. The van der Waals surface area contributed by atoms with Crippen molar-refractivity contribution in [3.8, 4) is 22.8 Å². The van der Waals surface area contributed by atoms with Crippen LogP contribution in [0.15, 0.2) is 77.7 Å². The van der Waals surface area contributed by atoms with Crippen molar-refractivity contribution in [1.29, 1.82) is 0 Å². The van der Waals surface area contributed by atoms with Gasteiger partial charge in [0.2, 0.25) is 6.79 Å². The largest absolute Gasteiger partial charge is 0.454 e. The van der Waals surface area contributed by atoms with Gasteiger partial charge in [0.05, 0.1) is 24.5 Å². The van der Waals surface area contributed by atoms with Crippen LogP contribution in [-0.2, 0) is 0 Å². The van der Waals surface area contributed by atoms with Crippen LogP contribution < -0.4 is 20.3 Å². The molecule has 0 saturated carbocycles. The number of hydrogen-bond acceptors (Lipinski definition) is 6. The van der Waals surface area contributed by atoms with Crippen molar-refractivity contribution in [2.24, 2.45) is 0 Å². The molecular weight excluding hydrogens is 448 g/mol. The fourth-order valence-corrected chi connectivity index (χ4v) is 4.21. The first-order valence-electron chi connectivity index (χ1n) is 11.0. The van der Waals surface area contributed by atoms with Crippen LogP contribution in [0.2, 0.25) is 0 Å². The third-order valence-electron chi connectivity index (χ3n) is 6.05. The third kappa shape index (κ3) is 3.77. The minimum absolute atomic E-state index is 0.0605. The molecule has 0 bridgehead atoms. The van der Waals surface area contributed by atoms with Gasteiger partial charge < -0.3 is 24.9 Å². The lowest BCUT2D eigenvalue weighted by Gasteiger charge is -2.16. The van der Waals surface area contributed by atoms with E-state index in [0.717, 1.165) is 16.3 Å². The number of carbonyl (C=O) groups is 1. The molecule has 1 amide bonds. The van der Waals surface area contributed by atoms with Crippen LogP contribution in [0.1, 0.15) is 22.1 Å². The number of ether oxygens (including phenoxy) is 2. The molecule has 0 saturated heterocycles. The second kappa shape index (κ2) is 8.30. The molecule has 0 aliphatic carbocycles. The number of aliphatic hydroxyl groups is 1. The Morgan fingerprint density at radius 3 is 2.74 bits per heavy atom. The van der Waals surface area contributed by atoms with Gasteiger partial charge in [-0.15, -0.1) is 0 Å². The van der Waals surface area contributed by atoms with Gasteiger partial charge in [-0.3, -0.25) is 9.59 Å². The smallest absolute Gasteiger partial charge is 0.274 e. The highest BCUT2D eigenvalue weighted by molar-refractivity contribution is 5.94. The summed E-state index contributed by atoms with van der Waals surface area (Å²) in [4.78, 5) is 28.6. The van der Waals surface area contributed by atoms with Crippen molar-refractivity contribution in [1.82, 2.24) is 19.9 Å². The molecule has 6 rings (SSSR count). The van der Waals surface area contributed by atoms with Crippen molar-refractivity contribution < 1.29 is 19.4 Å². The van der Waals surface area contributed by atoms with Gasteiger partial charge in [-0.25, -0.2) is 4.52 Å². The topological polar surface area (TPSA) is 118 Å². The van der Waals surface area contributed by atoms with E-state index in [2.05, 4.69) is 15.4 Å². The van der Waals surface area contributed by atoms with E-state index < -0.39 is 11.9 Å². The van der Waals surface area contributed by atoms with E-state index in [-0.39, 0.29) is 30.2 Å². The van der Waals surface area contributed by atoms with Gasteiger partial charge in [-0.05, 0) is 34.5 Å². The summed E-state index contributed by atoms with van der Waals surface area (Å²) in [5.41, 5.74) is 2.00. The van der Waals surface area contributed by atoms with Crippen molar-refractivity contribution >= 4 is 22.2 Å². The average molecular weight is 468 g/mol. The molecule has 35 heavy (non-hydrogen) atoms. The van der Waals surface area contributed by atoms with Gasteiger partial charge in [-0.2, -0.15) is 5.10 Å². The standard InChI is InChI=1S/C26H20N4O5/c31-13-21(18-7-8-23-24(10-18)35-14-34-23)28-25(32)19-11-22-26(33)27-20(12-30(22)29-19)17-6-5-15-3-1-2-4-16(15)9-17/h1-12,21,31H,13-14H2,(H,27,33)(H,28,32). The zero-order chi connectivity index (χ0) is 23.9. The summed E-state index contributed by atoms with van der Waals surface area (Å²) in [6, 6.07) is 19.8. The molecule has 0 spiro atoms. The summed E-state index contributed by atoms with van der Waals surface area (Å²) in [7, 11) is 0. The average Bonchev–Trinajstić information content (AvgIpc) is 3.54. The highest BCUT2D eigenvalue weighted by Gasteiger charge is 2.21. The zero-order valence-electron chi connectivity index (χ0n) is 18.4. The molecule has 1 aliphatic rings. The van der Waals surface area contributed by atoms with Crippen LogP contribution in [-0.4, -0.2) is 39.0 Å². The maximum atomic E-state index is 12.9. The van der Waals surface area contributed by atoms with Crippen LogP contribution in [0.5, 0.6) is 11.5 Å². The van der Waals surface area contributed by atoms with E-state index in [0.29, 0.717) is 22.8 Å². The zero-order valence-corrected chi connectivity index (χ0v) is 18.4. The molecule has 9 nitrogen and oxygen atoms in total. The summed E-state index contributed by atoms with van der Waals surface area (Å²) in [6.07, 6.45) is 1.68. The Balaban J connectivity index is 1.30. The van der Waals surface area contributed by atoms with Gasteiger partial charge in [0.15, 0.2) is 17.2 Å². The molecule has 3 N–H and O–H groups in total. The Labute approximate surface area is 198 Å². The highest BCUT2D eigenvalue weighted by Crippen LogP contribution is 2.34. The van der Waals surface area contributed by atoms with Gasteiger partial charge in [0.25, 0.3) is 11.5 Å². The Morgan fingerprint density at radius 2 is 1.89 bits per heavy atom. The molecule has 174 valence electrons. The minimum Gasteiger partial charge on any atom is -0.454 e. The summed E-state index contributed by atoms with van der Waals surface area (Å²) < 4.78 is 12.1. The Morgan fingerprint density at radius 1 is 1.06 bits per heavy atom. The number of hydrogen-bond donors (Lipinski definition) is 3. The fraction of sp³-hybridized carbons (Fsp3) is 0.115. The quantitative estimate of drug-likeness (QED) is 0.365. The number of aromatic amines is 1.